The Labute approximate surface area is 238 Å². The molecule has 0 fully saturated rings. The van der Waals surface area contributed by atoms with Crippen molar-refractivity contribution in [1.82, 2.24) is 9.13 Å². The molecule has 0 saturated heterocycles. The molecular weight excluding hydrogens is 496 g/mol. The van der Waals surface area contributed by atoms with Crippen LogP contribution in [0.3, 0.4) is 0 Å². The minimum Gasteiger partial charge on any atom is -0.307 e. The largest absolute Gasteiger partial charge is 0.307 e. The highest BCUT2D eigenvalue weighted by Crippen LogP contribution is 2.52. The van der Waals surface area contributed by atoms with Crippen LogP contribution in [0.1, 0.15) is 25.0 Å². The summed E-state index contributed by atoms with van der Waals surface area (Å²) in [6, 6.07) is 49.0. The first kappa shape index (κ1) is 22.7. The molecule has 0 spiro atoms. The third-order valence-corrected chi connectivity index (χ3v) is 9.31. The van der Waals surface area contributed by atoms with Gasteiger partial charge in [-0.1, -0.05) is 117 Å². The van der Waals surface area contributed by atoms with Crippen LogP contribution in [0.15, 0.2) is 133 Å². The topological polar surface area (TPSA) is 9.86 Å². The molecule has 2 heterocycles. The average molecular weight is 525 g/mol. The lowest BCUT2D eigenvalue weighted by Gasteiger charge is -2.22. The van der Waals surface area contributed by atoms with Gasteiger partial charge in [-0.3, -0.25) is 0 Å². The lowest BCUT2D eigenvalue weighted by atomic mass is 9.82. The van der Waals surface area contributed by atoms with Crippen molar-refractivity contribution in [2.75, 3.05) is 0 Å². The second-order valence-corrected chi connectivity index (χ2v) is 11.8. The number of rotatable bonds is 2. The molecule has 2 nitrogen and oxygen atoms in total. The summed E-state index contributed by atoms with van der Waals surface area (Å²) in [5, 5.41) is 5.10. The summed E-state index contributed by atoms with van der Waals surface area (Å²) in [5.74, 6) is 0. The molecule has 0 amide bonds. The van der Waals surface area contributed by atoms with E-state index in [1.807, 2.05) is 0 Å². The van der Waals surface area contributed by atoms with Gasteiger partial charge in [-0.2, -0.15) is 0 Å². The summed E-state index contributed by atoms with van der Waals surface area (Å²) in [6.45, 7) is 4.72. The molecule has 1 aliphatic carbocycles. The molecule has 0 unspecified atom stereocenters. The molecule has 0 radical (unpaired) electrons. The number of benzene rings is 6. The quantitative estimate of drug-likeness (QED) is 0.213. The van der Waals surface area contributed by atoms with Crippen molar-refractivity contribution >= 4 is 43.6 Å². The maximum absolute atomic E-state index is 2.54. The Hall–Kier alpha value is -5.08. The fourth-order valence-corrected chi connectivity index (χ4v) is 7.52. The molecule has 0 atom stereocenters. The normalized spacial score (nSPS) is 13.8. The third kappa shape index (κ3) is 2.87. The first-order chi connectivity index (χ1) is 20.1. The van der Waals surface area contributed by atoms with Crippen LogP contribution in [0, 0.1) is 0 Å². The summed E-state index contributed by atoms with van der Waals surface area (Å²) in [4.78, 5) is 0. The first-order valence-corrected chi connectivity index (χ1v) is 14.4. The van der Waals surface area contributed by atoms with Gasteiger partial charge < -0.3 is 9.13 Å². The summed E-state index contributed by atoms with van der Waals surface area (Å²) >= 11 is 0. The van der Waals surface area contributed by atoms with Gasteiger partial charge in [0, 0.05) is 38.2 Å². The van der Waals surface area contributed by atoms with Gasteiger partial charge in [0.15, 0.2) is 0 Å². The van der Waals surface area contributed by atoms with Gasteiger partial charge in [0.25, 0.3) is 0 Å². The van der Waals surface area contributed by atoms with E-state index in [0.717, 1.165) is 0 Å². The third-order valence-electron chi connectivity index (χ3n) is 9.31. The zero-order valence-corrected chi connectivity index (χ0v) is 23.1. The smallest absolute Gasteiger partial charge is 0.0789 e. The van der Waals surface area contributed by atoms with Gasteiger partial charge in [-0.15, -0.1) is 0 Å². The number of fused-ring (bicyclic) bond motifs is 10. The number of hydrogen-bond acceptors (Lipinski definition) is 0. The highest BCUT2D eigenvalue weighted by Gasteiger charge is 2.37. The lowest BCUT2D eigenvalue weighted by Crippen LogP contribution is -2.15. The molecule has 1 aliphatic rings. The fourth-order valence-electron chi connectivity index (χ4n) is 7.52. The van der Waals surface area contributed by atoms with Crippen LogP contribution in [0.2, 0.25) is 0 Å². The first-order valence-electron chi connectivity index (χ1n) is 14.4. The molecule has 41 heavy (non-hydrogen) atoms. The maximum Gasteiger partial charge on any atom is 0.0789 e. The van der Waals surface area contributed by atoms with Gasteiger partial charge >= 0.3 is 0 Å². The van der Waals surface area contributed by atoms with Gasteiger partial charge in [0.05, 0.1) is 27.8 Å². The van der Waals surface area contributed by atoms with E-state index in [0.29, 0.717) is 0 Å². The van der Waals surface area contributed by atoms with E-state index in [1.165, 1.54) is 77.2 Å². The molecule has 2 heteroatoms. The summed E-state index contributed by atoms with van der Waals surface area (Å²) in [5.41, 5.74) is 12.8. The molecule has 9 rings (SSSR count). The van der Waals surface area contributed by atoms with Crippen LogP contribution < -0.4 is 0 Å². The van der Waals surface area contributed by atoms with E-state index in [4.69, 9.17) is 0 Å². The van der Waals surface area contributed by atoms with Gasteiger partial charge in [0.1, 0.15) is 0 Å². The van der Waals surface area contributed by atoms with Crippen LogP contribution in [-0.2, 0) is 5.41 Å². The standard InChI is InChI=1S/C39H28N2/c1-39(2)31-18-9-6-17-30(31)36-32(39)19-12-22-35(36)41-34-21-11-8-16-27(34)29-24-23-28-26-15-7-10-20-33(26)40(37(28)38(29)41)25-13-4-3-5-14-25/h3-24H,1-2H3. The fraction of sp³-hybridized carbons (Fsp3) is 0.0769. The minimum atomic E-state index is -0.0606. The van der Waals surface area contributed by atoms with Gasteiger partial charge in [-0.25, -0.2) is 0 Å². The maximum atomic E-state index is 2.54. The van der Waals surface area contributed by atoms with Crippen LogP contribution in [0.5, 0.6) is 0 Å². The Morgan fingerprint density at radius 2 is 1.00 bits per heavy atom. The Kier molecular flexibility index (Phi) is 4.42. The van der Waals surface area contributed by atoms with E-state index in [-0.39, 0.29) is 5.41 Å². The summed E-state index contributed by atoms with van der Waals surface area (Å²) < 4.78 is 5.01. The van der Waals surface area contributed by atoms with Crippen molar-refractivity contribution in [3.63, 3.8) is 0 Å². The summed E-state index contributed by atoms with van der Waals surface area (Å²) in [7, 11) is 0. The molecule has 194 valence electrons. The molecule has 0 N–H and O–H groups in total. The highest BCUT2D eigenvalue weighted by molar-refractivity contribution is 6.24. The van der Waals surface area contributed by atoms with Gasteiger partial charge in [0.2, 0.25) is 0 Å². The zero-order valence-electron chi connectivity index (χ0n) is 23.1. The highest BCUT2D eigenvalue weighted by atomic mass is 15.0. The van der Waals surface area contributed by atoms with Crippen LogP contribution in [0.25, 0.3) is 66.1 Å². The Bertz CT molecular complexity index is 2330. The van der Waals surface area contributed by atoms with Crippen LogP contribution in [0.4, 0.5) is 0 Å². The molecule has 0 aliphatic heterocycles. The molecule has 0 saturated carbocycles. The second kappa shape index (κ2) is 7.99. The van der Waals surface area contributed by atoms with Crippen LogP contribution >= 0.6 is 0 Å². The lowest BCUT2D eigenvalue weighted by molar-refractivity contribution is 0.660. The van der Waals surface area contributed by atoms with Crippen molar-refractivity contribution in [3.05, 3.63) is 145 Å². The monoisotopic (exact) mass is 524 g/mol. The van der Waals surface area contributed by atoms with Crippen molar-refractivity contribution in [2.24, 2.45) is 0 Å². The molecule has 6 aromatic carbocycles. The van der Waals surface area contributed by atoms with E-state index in [1.54, 1.807) is 0 Å². The molecule has 0 bridgehead atoms. The molecule has 2 aromatic heterocycles. The minimum absolute atomic E-state index is 0.0606. The van der Waals surface area contributed by atoms with Crippen molar-refractivity contribution in [2.45, 2.75) is 19.3 Å². The van der Waals surface area contributed by atoms with E-state index < -0.39 is 0 Å². The van der Waals surface area contributed by atoms with E-state index in [9.17, 15) is 0 Å². The molecular formula is C39H28N2. The Balaban J connectivity index is 1.54. The Morgan fingerprint density at radius 1 is 0.439 bits per heavy atom. The van der Waals surface area contributed by atoms with Crippen molar-refractivity contribution < 1.29 is 0 Å². The zero-order chi connectivity index (χ0) is 27.3. The predicted octanol–water partition coefficient (Wildman–Crippen LogP) is 10.2. The van der Waals surface area contributed by atoms with Crippen molar-refractivity contribution in [3.8, 4) is 22.5 Å². The van der Waals surface area contributed by atoms with E-state index in [2.05, 4.69) is 156 Å². The Morgan fingerprint density at radius 3 is 1.73 bits per heavy atom. The van der Waals surface area contributed by atoms with E-state index >= 15 is 0 Å². The average Bonchev–Trinajstić information content (AvgIpc) is 3.62. The summed E-state index contributed by atoms with van der Waals surface area (Å²) in [6.07, 6.45) is 0. The number of para-hydroxylation sites is 3. The number of hydrogen-bond donors (Lipinski definition) is 0. The van der Waals surface area contributed by atoms with Crippen LogP contribution in [-0.4, -0.2) is 9.13 Å². The van der Waals surface area contributed by atoms with Gasteiger partial charge in [-0.05, 0) is 47.0 Å². The second-order valence-electron chi connectivity index (χ2n) is 11.8. The predicted molar refractivity (Wildman–Crippen MR) is 173 cm³/mol. The molecule has 8 aromatic rings. The SMILES string of the molecule is CC1(C)c2ccccc2-c2c(-n3c4ccccc4c4ccc5c6ccccc6n(-c6ccccc6)c5c43)cccc21. The number of nitrogens with zero attached hydrogens (tertiary/aromatic N) is 2. The van der Waals surface area contributed by atoms with Crippen molar-refractivity contribution in [1.29, 1.82) is 0 Å². The number of aromatic nitrogens is 2.